The predicted octanol–water partition coefficient (Wildman–Crippen LogP) is 10.2. The fourth-order valence-electron chi connectivity index (χ4n) is 9.91. The molecule has 2 fully saturated rings. The average molecular weight is 1050 g/mol. The van der Waals surface area contributed by atoms with Crippen LogP contribution in [0.3, 0.4) is 0 Å². The van der Waals surface area contributed by atoms with Gasteiger partial charge in [-0.15, -0.1) is 0 Å². The van der Waals surface area contributed by atoms with Gasteiger partial charge < -0.3 is 65.1 Å². The van der Waals surface area contributed by atoms with Gasteiger partial charge in [0.15, 0.2) is 12.6 Å². The van der Waals surface area contributed by atoms with Gasteiger partial charge in [0.25, 0.3) is 0 Å². The molecule has 0 spiro atoms. The van der Waals surface area contributed by atoms with Gasteiger partial charge in [0.2, 0.25) is 5.91 Å². The summed E-state index contributed by atoms with van der Waals surface area (Å²) in [5.74, 6) is -0.241. The maximum absolute atomic E-state index is 13.2. The lowest BCUT2D eigenvalue weighted by molar-refractivity contribution is -0.359. The molecule has 9 N–H and O–H groups in total. The third-order valence-electron chi connectivity index (χ3n) is 14.8. The van der Waals surface area contributed by atoms with E-state index in [4.69, 9.17) is 18.9 Å². The van der Waals surface area contributed by atoms with E-state index >= 15 is 0 Å². The summed E-state index contributed by atoms with van der Waals surface area (Å²) < 4.78 is 22.7. The van der Waals surface area contributed by atoms with Gasteiger partial charge in [-0.05, 0) is 51.4 Å². The molecular formula is C60H111NO13. The molecule has 0 aromatic heterocycles. The number of hydrogen-bond donors (Lipinski definition) is 9. The van der Waals surface area contributed by atoms with Crippen molar-refractivity contribution < 1.29 is 64.6 Å². The second kappa shape index (κ2) is 46.2. The summed E-state index contributed by atoms with van der Waals surface area (Å²) in [5, 5.41) is 86.6. The summed E-state index contributed by atoms with van der Waals surface area (Å²) >= 11 is 0. The van der Waals surface area contributed by atoms with Crippen molar-refractivity contribution in [2.75, 3.05) is 19.8 Å². The number of aliphatic hydroxyl groups excluding tert-OH is 8. The Bertz CT molecular complexity index is 1380. The van der Waals surface area contributed by atoms with Crippen LogP contribution in [0.25, 0.3) is 0 Å². The molecule has 2 heterocycles. The number of carbonyl (C=O) groups is 1. The van der Waals surface area contributed by atoms with Crippen LogP contribution in [0.4, 0.5) is 0 Å². The number of carbonyl (C=O) groups excluding carboxylic acids is 1. The minimum absolute atomic E-state index is 0.241. The highest BCUT2D eigenvalue weighted by atomic mass is 16.7. The number of nitrogens with one attached hydrogen (secondary N) is 1. The van der Waals surface area contributed by atoms with E-state index in [1.165, 1.54) is 161 Å². The number of aliphatic hydroxyl groups is 8. The molecule has 0 aromatic rings. The average Bonchev–Trinajstić information content (AvgIpc) is 3.40. The Morgan fingerprint density at radius 3 is 1.35 bits per heavy atom. The molecule has 2 aliphatic rings. The summed E-state index contributed by atoms with van der Waals surface area (Å²) in [6, 6.07) is -0.909. The molecule has 0 bridgehead atoms. The van der Waals surface area contributed by atoms with Gasteiger partial charge in [0.1, 0.15) is 48.8 Å². The largest absolute Gasteiger partial charge is 0.394 e. The molecule has 14 heteroatoms. The Hall–Kier alpha value is -1.79. The highest BCUT2D eigenvalue weighted by Crippen LogP contribution is 2.30. The molecule has 1 amide bonds. The lowest BCUT2D eigenvalue weighted by Crippen LogP contribution is -2.65. The van der Waals surface area contributed by atoms with Crippen molar-refractivity contribution in [2.24, 2.45) is 0 Å². The lowest BCUT2D eigenvalue weighted by Gasteiger charge is -2.46. The van der Waals surface area contributed by atoms with Gasteiger partial charge in [0, 0.05) is 6.42 Å². The number of hydrogen-bond acceptors (Lipinski definition) is 13. The molecule has 434 valence electrons. The van der Waals surface area contributed by atoms with Crippen LogP contribution in [0, 0.1) is 0 Å². The van der Waals surface area contributed by atoms with E-state index in [2.05, 4.69) is 43.5 Å². The summed E-state index contributed by atoms with van der Waals surface area (Å²) in [4.78, 5) is 13.2. The van der Waals surface area contributed by atoms with Gasteiger partial charge >= 0.3 is 0 Å². The Balaban J connectivity index is 1.56. The number of unbranched alkanes of at least 4 members (excludes halogenated alkanes) is 31. The molecule has 2 saturated heterocycles. The molecule has 2 rings (SSSR count). The summed E-state index contributed by atoms with van der Waals surface area (Å²) in [7, 11) is 0. The van der Waals surface area contributed by atoms with Crippen LogP contribution in [0.1, 0.15) is 245 Å². The van der Waals surface area contributed by atoms with Crippen LogP contribution in [0.15, 0.2) is 36.5 Å². The van der Waals surface area contributed by atoms with Gasteiger partial charge in [-0.1, -0.05) is 224 Å². The summed E-state index contributed by atoms with van der Waals surface area (Å²) in [5.41, 5.74) is 0. The first-order valence-electron chi connectivity index (χ1n) is 30.2. The molecule has 12 atom stereocenters. The Labute approximate surface area is 449 Å². The van der Waals surface area contributed by atoms with E-state index in [9.17, 15) is 45.6 Å². The fraction of sp³-hybridized carbons (Fsp3) is 0.883. The second-order valence-corrected chi connectivity index (χ2v) is 21.5. The monoisotopic (exact) mass is 1050 g/mol. The number of ether oxygens (including phenoxy) is 4. The number of amides is 1. The van der Waals surface area contributed by atoms with E-state index in [1.807, 2.05) is 6.08 Å². The molecule has 0 saturated carbocycles. The van der Waals surface area contributed by atoms with Crippen molar-refractivity contribution in [1.82, 2.24) is 5.32 Å². The van der Waals surface area contributed by atoms with Crippen molar-refractivity contribution in [3.8, 4) is 0 Å². The zero-order valence-electron chi connectivity index (χ0n) is 46.6. The molecule has 0 aliphatic carbocycles. The smallest absolute Gasteiger partial charge is 0.220 e. The Kier molecular flexibility index (Phi) is 42.6. The van der Waals surface area contributed by atoms with E-state index in [0.29, 0.717) is 6.42 Å². The highest BCUT2D eigenvalue weighted by molar-refractivity contribution is 5.76. The predicted molar refractivity (Wildman–Crippen MR) is 295 cm³/mol. The van der Waals surface area contributed by atoms with Crippen molar-refractivity contribution in [1.29, 1.82) is 0 Å². The van der Waals surface area contributed by atoms with Crippen molar-refractivity contribution in [3.05, 3.63) is 36.5 Å². The van der Waals surface area contributed by atoms with Crippen LogP contribution in [0.5, 0.6) is 0 Å². The zero-order chi connectivity index (χ0) is 53.9. The Morgan fingerprint density at radius 1 is 0.486 bits per heavy atom. The van der Waals surface area contributed by atoms with Crippen LogP contribution in [-0.4, -0.2) is 140 Å². The zero-order valence-corrected chi connectivity index (χ0v) is 46.6. The van der Waals surface area contributed by atoms with Crippen molar-refractivity contribution >= 4 is 5.91 Å². The minimum Gasteiger partial charge on any atom is -0.394 e. The van der Waals surface area contributed by atoms with Gasteiger partial charge in [-0.3, -0.25) is 4.79 Å². The van der Waals surface area contributed by atoms with Crippen LogP contribution >= 0.6 is 0 Å². The molecule has 12 unspecified atom stereocenters. The fourth-order valence-corrected chi connectivity index (χ4v) is 9.91. The van der Waals surface area contributed by atoms with E-state index in [0.717, 1.165) is 57.8 Å². The SMILES string of the molecule is CCCCCCC/C=C\C/C=C\CCCCCCCCCCCCCCCCCCCCCCCC(=O)NC(COC1OC(CO)C(OC2OC(CO)C(O)C(O)C2O)C(O)C1O)C(O)/C=C/CCCCCCC. The first kappa shape index (κ1) is 68.3. The molecular weight excluding hydrogens is 943 g/mol. The molecule has 74 heavy (non-hydrogen) atoms. The molecule has 2 aliphatic heterocycles. The lowest BCUT2D eigenvalue weighted by atomic mass is 9.97. The third kappa shape index (κ3) is 31.6. The van der Waals surface area contributed by atoms with E-state index < -0.39 is 86.8 Å². The normalized spacial score (nSPS) is 25.4. The van der Waals surface area contributed by atoms with Gasteiger partial charge in [-0.2, -0.15) is 0 Å². The summed E-state index contributed by atoms with van der Waals surface area (Å²) in [6.07, 6.45) is 39.7. The molecule has 0 aromatic carbocycles. The standard InChI is InChI=1S/C60H111NO13/c1-3-5-7-9-11-12-13-14-15-16-17-18-19-20-21-22-23-24-25-26-27-28-29-30-31-32-33-34-35-36-38-40-42-44-52(65)61-48(49(64)43-41-39-37-10-8-6-4-2)47-71-59-57(70)55(68)58(51(46-63)73-59)74-60-56(69)54(67)53(66)50(45-62)72-60/h13-14,16-17,41,43,48-51,53-60,62-64,66-70H,3-12,15,18-40,42,44-47H2,1-2H3,(H,61,65)/b14-13-,17-16-,43-41+. The van der Waals surface area contributed by atoms with Crippen LogP contribution in [-0.2, 0) is 23.7 Å². The third-order valence-corrected chi connectivity index (χ3v) is 14.8. The van der Waals surface area contributed by atoms with E-state index in [-0.39, 0.29) is 18.9 Å². The van der Waals surface area contributed by atoms with Crippen molar-refractivity contribution in [2.45, 2.75) is 319 Å². The maximum atomic E-state index is 13.2. The first-order chi connectivity index (χ1) is 36.1. The molecule has 0 radical (unpaired) electrons. The number of rotatable bonds is 48. The van der Waals surface area contributed by atoms with E-state index in [1.54, 1.807) is 6.08 Å². The molecule has 14 nitrogen and oxygen atoms in total. The van der Waals surface area contributed by atoms with Gasteiger partial charge in [0.05, 0.1) is 32.0 Å². The number of allylic oxidation sites excluding steroid dienone is 5. The minimum atomic E-state index is -1.79. The topological polar surface area (TPSA) is 228 Å². The Morgan fingerprint density at radius 2 is 0.892 bits per heavy atom. The second-order valence-electron chi connectivity index (χ2n) is 21.5. The maximum Gasteiger partial charge on any atom is 0.220 e. The van der Waals surface area contributed by atoms with Gasteiger partial charge in [-0.25, -0.2) is 0 Å². The quantitative estimate of drug-likeness (QED) is 0.0204. The summed E-state index contributed by atoms with van der Waals surface area (Å²) in [6.45, 7) is 2.72. The highest BCUT2D eigenvalue weighted by Gasteiger charge is 2.51. The van der Waals surface area contributed by atoms with Crippen LogP contribution in [0.2, 0.25) is 0 Å². The first-order valence-corrected chi connectivity index (χ1v) is 30.2. The van der Waals surface area contributed by atoms with Crippen molar-refractivity contribution in [3.63, 3.8) is 0 Å². The van der Waals surface area contributed by atoms with Crippen LogP contribution < -0.4 is 5.32 Å².